The van der Waals surface area contributed by atoms with Crippen LogP contribution in [0, 0.1) is 5.82 Å². The zero-order chi connectivity index (χ0) is 23.0. The average molecular weight is 529 g/mol. The fraction of sp³-hybridized carbons (Fsp3) is 0.250. The molecule has 2 aromatic carbocycles. The second kappa shape index (κ2) is 9.01. The second-order valence-corrected chi connectivity index (χ2v) is 12.9. The molecule has 6 nitrogen and oxygen atoms in total. The zero-order valence-electron chi connectivity index (χ0n) is 18.1. The van der Waals surface area contributed by atoms with Crippen molar-refractivity contribution in [3.63, 3.8) is 0 Å². The van der Waals surface area contributed by atoms with E-state index in [1.165, 1.54) is 12.4 Å². The van der Waals surface area contributed by atoms with E-state index in [0.29, 0.717) is 22.5 Å². The van der Waals surface area contributed by atoms with Crippen LogP contribution in [0.5, 0.6) is 0 Å². The maximum Gasteiger partial charge on any atom is 0.147 e. The van der Waals surface area contributed by atoms with Crippen LogP contribution in [-0.2, 0) is 11.1 Å². The van der Waals surface area contributed by atoms with Crippen molar-refractivity contribution in [3.8, 4) is 11.3 Å². The smallest absolute Gasteiger partial charge is 0.147 e. The van der Waals surface area contributed by atoms with Crippen LogP contribution in [0.3, 0.4) is 0 Å². The van der Waals surface area contributed by atoms with E-state index in [2.05, 4.69) is 36.1 Å². The van der Waals surface area contributed by atoms with Gasteiger partial charge in [-0.15, -0.1) is 0 Å². The molecule has 0 saturated carbocycles. The number of fused-ring (bicyclic) bond motifs is 1. The molecule has 0 bridgehead atoms. The fourth-order valence-electron chi connectivity index (χ4n) is 3.95. The lowest BCUT2D eigenvalue weighted by Crippen LogP contribution is -2.33. The van der Waals surface area contributed by atoms with Gasteiger partial charge in [0.25, 0.3) is 0 Å². The van der Waals surface area contributed by atoms with E-state index in [1.807, 2.05) is 37.0 Å². The topological polar surface area (TPSA) is 71.3 Å². The number of halogens is 2. The van der Waals surface area contributed by atoms with Gasteiger partial charge in [-0.3, -0.25) is 4.90 Å². The molecule has 5 rings (SSSR count). The third kappa shape index (κ3) is 5.03. The fourth-order valence-corrected chi connectivity index (χ4v) is 5.92. The molecule has 1 fully saturated rings. The molecule has 1 aliphatic heterocycles. The molecule has 1 aliphatic rings. The first-order valence-electron chi connectivity index (χ1n) is 10.7. The van der Waals surface area contributed by atoms with Crippen molar-refractivity contribution in [1.82, 2.24) is 14.9 Å². The summed E-state index contributed by atoms with van der Waals surface area (Å²) < 4.78 is 33.4. The second-order valence-electron chi connectivity index (χ2n) is 8.49. The minimum Gasteiger partial charge on any atom is -0.460 e. The van der Waals surface area contributed by atoms with E-state index in [-0.39, 0.29) is 5.82 Å². The summed E-state index contributed by atoms with van der Waals surface area (Å²) in [5.74, 6) is 1.76. The van der Waals surface area contributed by atoms with Crippen molar-refractivity contribution < 1.29 is 13.4 Å². The molecule has 0 unspecified atom stereocenters. The SMILES string of the molecule is CP1(=O)CCN(Cc2ccc(-c3ccc4ncnc(Nc5ccc(Br)cc5F)c4c3)o2)CC1. The van der Waals surface area contributed by atoms with Crippen LogP contribution in [0.4, 0.5) is 15.9 Å². The van der Waals surface area contributed by atoms with Crippen LogP contribution >= 0.6 is 23.1 Å². The highest BCUT2D eigenvalue weighted by Crippen LogP contribution is 2.43. The first-order chi connectivity index (χ1) is 15.9. The Labute approximate surface area is 199 Å². The average Bonchev–Trinajstić information content (AvgIpc) is 3.25. The van der Waals surface area contributed by atoms with Crippen LogP contribution in [0.1, 0.15) is 5.76 Å². The summed E-state index contributed by atoms with van der Waals surface area (Å²) in [4.78, 5) is 11.0. The first kappa shape index (κ1) is 22.3. The molecule has 4 aromatic rings. The van der Waals surface area contributed by atoms with Gasteiger partial charge in [-0.2, -0.15) is 0 Å². The molecule has 3 heterocycles. The van der Waals surface area contributed by atoms with E-state index < -0.39 is 7.14 Å². The lowest BCUT2D eigenvalue weighted by molar-refractivity contribution is 0.263. The lowest BCUT2D eigenvalue weighted by atomic mass is 10.1. The Kier molecular flexibility index (Phi) is 6.08. The predicted octanol–water partition coefficient (Wildman–Crippen LogP) is 6.34. The van der Waals surface area contributed by atoms with Gasteiger partial charge in [-0.25, -0.2) is 14.4 Å². The highest BCUT2D eigenvalue weighted by atomic mass is 79.9. The van der Waals surface area contributed by atoms with E-state index in [9.17, 15) is 8.96 Å². The van der Waals surface area contributed by atoms with Crippen molar-refractivity contribution in [1.29, 1.82) is 0 Å². The Hall–Kier alpha value is -2.54. The van der Waals surface area contributed by atoms with Crippen LogP contribution < -0.4 is 5.32 Å². The molecular formula is C24H23BrFN4O2P. The summed E-state index contributed by atoms with van der Waals surface area (Å²) >= 11 is 3.28. The Morgan fingerprint density at radius 3 is 2.73 bits per heavy atom. The van der Waals surface area contributed by atoms with Gasteiger partial charge in [-0.05, 0) is 55.2 Å². The number of benzene rings is 2. The number of hydrogen-bond donors (Lipinski definition) is 1. The Morgan fingerprint density at radius 1 is 1.12 bits per heavy atom. The van der Waals surface area contributed by atoms with E-state index in [4.69, 9.17) is 4.42 Å². The largest absolute Gasteiger partial charge is 0.460 e. The number of aromatic nitrogens is 2. The van der Waals surface area contributed by atoms with E-state index in [0.717, 1.165) is 53.4 Å². The summed E-state index contributed by atoms with van der Waals surface area (Å²) in [6, 6.07) is 14.6. The maximum atomic E-state index is 14.3. The Bertz CT molecular complexity index is 1360. The Morgan fingerprint density at radius 2 is 1.94 bits per heavy atom. The molecule has 33 heavy (non-hydrogen) atoms. The van der Waals surface area contributed by atoms with E-state index in [1.54, 1.807) is 12.1 Å². The number of hydrogen-bond acceptors (Lipinski definition) is 6. The molecular weight excluding hydrogens is 506 g/mol. The highest BCUT2D eigenvalue weighted by molar-refractivity contribution is 9.10. The van der Waals surface area contributed by atoms with Gasteiger partial charge >= 0.3 is 0 Å². The quantitative estimate of drug-likeness (QED) is 0.304. The van der Waals surface area contributed by atoms with Crippen LogP contribution in [-0.4, -0.2) is 46.9 Å². The lowest BCUT2D eigenvalue weighted by Gasteiger charge is -2.29. The molecule has 0 aliphatic carbocycles. The molecule has 1 N–H and O–H groups in total. The minimum absolute atomic E-state index is 0.335. The molecule has 9 heteroatoms. The van der Waals surface area contributed by atoms with Gasteiger partial charge in [0, 0.05) is 40.8 Å². The molecule has 170 valence electrons. The van der Waals surface area contributed by atoms with Gasteiger partial charge in [-0.1, -0.05) is 15.9 Å². The molecule has 0 radical (unpaired) electrons. The number of nitrogens with zero attached hydrogens (tertiary/aromatic N) is 3. The summed E-state index contributed by atoms with van der Waals surface area (Å²) in [5.41, 5.74) is 1.97. The summed E-state index contributed by atoms with van der Waals surface area (Å²) in [6.45, 7) is 4.26. The zero-order valence-corrected chi connectivity index (χ0v) is 20.6. The number of rotatable bonds is 5. The minimum atomic E-state index is -1.95. The van der Waals surface area contributed by atoms with Crippen molar-refractivity contribution >= 4 is 45.5 Å². The van der Waals surface area contributed by atoms with Crippen LogP contribution in [0.15, 0.2) is 63.7 Å². The third-order valence-electron chi connectivity index (χ3n) is 5.92. The van der Waals surface area contributed by atoms with E-state index >= 15 is 0 Å². The standard InChI is InChI=1S/C24H23BrFN4O2P/c1-33(31)10-8-30(9-11-33)14-18-4-7-23(32-18)16-2-5-21-19(12-16)24(28-15-27-21)29-22-6-3-17(25)13-20(22)26/h2-7,12-13,15H,8-11,14H2,1H3,(H,27,28,29). The Balaban J connectivity index is 1.39. The van der Waals surface area contributed by atoms with Gasteiger partial charge in [0.2, 0.25) is 0 Å². The molecule has 0 amide bonds. The number of anilines is 2. The van der Waals surface area contributed by atoms with Crippen LogP contribution in [0.25, 0.3) is 22.2 Å². The van der Waals surface area contributed by atoms with Crippen molar-refractivity contribution in [3.05, 3.63) is 70.9 Å². The van der Waals surface area contributed by atoms with Gasteiger partial charge in [0.1, 0.15) is 29.5 Å². The summed E-state index contributed by atoms with van der Waals surface area (Å²) in [5, 5.41) is 3.85. The predicted molar refractivity (Wildman–Crippen MR) is 133 cm³/mol. The molecule has 2 aromatic heterocycles. The van der Waals surface area contributed by atoms with Crippen LogP contribution in [0.2, 0.25) is 0 Å². The first-order valence-corrected chi connectivity index (χ1v) is 14.0. The van der Waals surface area contributed by atoms with Gasteiger partial charge in [0.05, 0.1) is 24.9 Å². The van der Waals surface area contributed by atoms with Gasteiger partial charge < -0.3 is 14.3 Å². The number of nitrogens with one attached hydrogen (secondary N) is 1. The maximum absolute atomic E-state index is 14.3. The van der Waals surface area contributed by atoms with Gasteiger partial charge in [0.15, 0.2) is 0 Å². The van der Waals surface area contributed by atoms with Crippen molar-refractivity contribution in [2.45, 2.75) is 6.54 Å². The monoisotopic (exact) mass is 528 g/mol. The molecule has 0 spiro atoms. The normalized spacial score (nSPS) is 16.2. The number of furan rings is 1. The third-order valence-corrected chi connectivity index (χ3v) is 8.71. The molecule has 1 saturated heterocycles. The summed E-state index contributed by atoms with van der Waals surface area (Å²) in [6.07, 6.45) is 2.99. The summed E-state index contributed by atoms with van der Waals surface area (Å²) in [7, 11) is -1.95. The van der Waals surface area contributed by atoms with Crippen molar-refractivity contribution in [2.24, 2.45) is 0 Å². The van der Waals surface area contributed by atoms with Crippen molar-refractivity contribution in [2.75, 3.05) is 37.4 Å². The molecule has 0 atom stereocenters. The highest BCUT2D eigenvalue weighted by Gasteiger charge is 2.24.